The highest BCUT2D eigenvalue weighted by Crippen LogP contribution is 2.20. The van der Waals surface area contributed by atoms with Crippen molar-refractivity contribution < 1.29 is 0 Å². The minimum atomic E-state index is 0.367. The first-order chi connectivity index (χ1) is 9.17. The summed E-state index contributed by atoms with van der Waals surface area (Å²) in [5.41, 5.74) is 8.50. The van der Waals surface area contributed by atoms with E-state index in [0.717, 1.165) is 11.3 Å². The van der Waals surface area contributed by atoms with Gasteiger partial charge in [-0.25, -0.2) is 0 Å². The number of nitriles is 1. The Hall–Kier alpha value is -1.69. The first-order valence-electron chi connectivity index (χ1n) is 7.19. The van der Waals surface area contributed by atoms with E-state index in [0.29, 0.717) is 18.2 Å². The molecular weight excluding hydrogens is 234 g/mol. The number of hydrogen-bond donors (Lipinski definition) is 2. The molecule has 1 unspecified atom stereocenters. The summed E-state index contributed by atoms with van der Waals surface area (Å²) in [6.07, 6.45) is 6.72. The van der Waals surface area contributed by atoms with E-state index in [4.69, 9.17) is 11.0 Å². The second-order valence-corrected chi connectivity index (χ2v) is 5.14. The Morgan fingerprint density at radius 2 is 2.11 bits per heavy atom. The fraction of sp³-hybridized carbons (Fsp3) is 0.562. The van der Waals surface area contributed by atoms with Crippen LogP contribution in [-0.2, 0) is 6.42 Å². The van der Waals surface area contributed by atoms with Crippen LogP contribution in [0.5, 0.6) is 0 Å². The Bertz CT molecular complexity index is 420. The van der Waals surface area contributed by atoms with Gasteiger partial charge in [0, 0.05) is 17.4 Å². The van der Waals surface area contributed by atoms with Crippen molar-refractivity contribution in [1.82, 2.24) is 0 Å². The maximum atomic E-state index is 8.76. The summed E-state index contributed by atoms with van der Waals surface area (Å²) in [4.78, 5) is 0. The topological polar surface area (TPSA) is 61.8 Å². The van der Waals surface area contributed by atoms with Crippen molar-refractivity contribution in [3.05, 3.63) is 23.8 Å². The molecule has 104 valence electrons. The van der Waals surface area contributed by atoms with Gasteiger partial charge in [-0.2, -0.15) is 5.26 Å². The molecule has 1 aromatic rings. The van der Waals surface area contributed by atoms with Crippen LogP contribution in [0.3, 0.4) is 0 Å². The zero-order chi connectivity index (χ0) is 14.1. The first kappa shape index (κ1) is 15.4. The van der Waals surface area contributed by atoms with Gasteiger partial charge >= 0.3 is 0 Å². The molecule has 19 heavy (non-hydrogen) atoms. The SMILES string of the molecule is CCCCCCC(C)Nc1ccc(N)c(CC#N)c1. The Morgan fingerprint density at radius 1 is 1.32 bits per heavy atom. The van der Waals surface area contributed by atoms with Crippen LogP contribution in [0, 0.1) is 11.3 Å². The summed E-state index contributed by atoms with van der Waals surface area (Å²) < 4.78 is 0. The highest BCUT2D eigenvalue weighted by atomic mass is 14.9. The van der Waals surface area contributed by atoms with Crippen LogP contribution in [0.4, 0.5) is 11.4 Å². The number of anilines is 2. The summed E-state index contributed by atoms with van der Waals surface area (Å²) >= 11 is 0. The molecule has 0 bridgehead atoms. The summed E-state index contributed by atoms with van der Waals surface area (Å²) in [7, 11) is 0. The molecule has 0 radical (unpaired) electrons. The van der Waals surface area contributed by atoms with Gasteiger partial charge in [0.25, 0.3) is 0 Å². The van der Waals surface area contributed by atoms with Gasteiger partial charge in [0.15, 0.2) is 0 Å². The molecule has 1 atom stereocenters. The first-order valence-corrected chi connectivity index (χ1v) is 7.19. The molecule has 3 N–H and O–H groups in total. The fourth-order valence-corrected chi connectivity index (χ4v) is 2.17. The lowest BCUT2D eigenvalue weighted by Crippen LogP contribution is -2.15. The van der Waals surface area contributed by atoms with E-state index in [1.807, 2.05) is 18.2 Å². The number of nitrogens with zero attached hydrogens (tertiary/aromatic N) is 1. The maximum Gasteiger partial charge on any atom is 0.0670 e. The van der Waals surface area contributed by atoms with Gasteiger partial charge in [-0.3, -0.25) is 0 Å². The summed E-state index contributed by atoms with van der Waals surface area (Å²) in [6, 6.07) is 8.45. The second kappa shape index (κ2) is 8.42. The molecule has 1 aromatic carbocycles. The number of nitrogens with two attached hydrogens (primary N) is 1. The monoisotopic (exact) mass is 259 g/mol. The van der Waals surface area contributed by atoms with Crippen molar-refractivity contribution in [2.45, 2.75) is 58.4 Å². The second-order valence-electron chi connectivity index (χ2n) is 5.14. The van der Waals surface area contributed by atoms with Crippen molar-refractivity contribution in [3.8, 4) is 6.07 Å². The minimum absolute atomic E-state index is 0.367. The maximum absolute atomic E-state index is 8.76. The van der Waals surface area contributed by atoms with Gasteiger partial charge < -0.3 is 11.1 Å². The molecule has 0 fully saturated rings. The lowest BCUT2D eigenvalue weighted by atomic mass is 10.1. The van der Waals surface area contributed by atoms with E-state index < -0.39 is 0 Å². The molecule has 0 saturated heterocycles. The van der Waals surface area contributed by atoms with Gasteiger partial charge in [-0.1, -0.05) is 32.6 Å². The molecule has 0 aliphatic carbocycles. The molecule has 0 aliphatic rings. The molecular formula is C16H25N3. The molecule has 0 heterocycles. The van der Waals surface area contributed by atoms with Crippen molar-refractivity contribution in [1.29, 1.82) is 5.26 Å². The number of rotatable bonds is 8. The Morgan fingerprint density at radius 3 is 2.79 bits per heavy atom. The van der Waals surface area contributed by atoms with Gasteiger partial charge in [0.05, 0.1) is 12.5 Å². The summed E-state index contributed by atoms with van der Waals surface area (Å²) in [5, 5.41) is 12.2. The van der Waals surface area contributed by atoms with E-state index >= 15 is 0 Å². The van der Waals surface area contributed by atoms with Crippen molar-refractivity contribution in [2.24, 2.45) is 0 Å². The predicted octanol–water partition coefficient (Wildman–Crippen LogP) is 4.11. The van der Waals surface area contributed by atoms with Crippen LogP contribution in [-0.4, -0.2) is 6.04 Å². The zero-order valence-corrected chi connectivity index (χ0v) is 12.1. The van der Waals surface area contributed by atoms with E-state index in [9.17, 15) is 0 Å². The molecule has 0 spiro atoms. The largest absolute Gasteiger partial charge is 0.398 e. The summed E-state index contributed by atoms with van der Waals surface area (Å²) in [5.74, 6) is 0. The quantitative estimate of drug-likeness (QED) is 0.545. The van der Waals surface area contributed by atoms with Crippen molar-refractivity contribution in [2.75, 3.05) is 11.1 Å². The smallest absolute Gasteiger partial charge is 0.0670 e. The molecule has 0 aromatic heterocycles. The zero-order valence-electron chi connectivity index (χ0n) is 12.1. The number of nitrogens with one attached hydrogen (secondary N) is 1. The predicted molar refractivity (Wildman–Crippen MR) is 82.0 cm³/mol. The van der Waals surface area contributed by atoms with Crippen LogP contribution in [0.25, 0.3) is 0 Å². The van der Waals surface area contributed by atoms with Gasteiger partial charge in [0.1, 0.15) is 0 Å². The van der Waals surface area contributed by atoms with Crippen molar-refractivity contribution in [3.63, 3.8) is 0 Å². The van der Waals surface area contributed by atoms with E-state index in [1.165, 1.54) is 32.1 Å². The average Bonchev–Trinajstić information content (AvgIpc) is 2.39. The third-order valence-electron chi connectivity index (χ3n) is 3.32. The lowest BCUT2D eigenvalue weighted by Gasteiger charge is -2.16. The third-order valence-corrected chi connectivity index (χ3v) is 3.32. The number of hydrogen-bond acceptors (Lipinski definition) is 3. The summed E-state index contributed by atoms with van der Waals surface area (Å²) in [6.45, 7) is 4.43. The number of benzene rings is 1. The van der Waals surface area contributed by atoms with E-state index in [-0.39, 0.29) is 0 Å². The third kappa shape index (κ3) is 5.65. The molecule has 0 saturated carbocycles. The van der Waals surface area contributed by atoms with E-state index in [1.54, 1.807) is 0 Å². The number of nitrogen functional groups attached to an aromatic ring is 1. The molecule has 0 aliphatic heterocycles. The highest BCUT2D eigenvalue weighted by Gasteiger charge is 2.04. The Balaban J connectivity index is 2.47. The van der Waals surface area contributed by atoms with Crippen LogP contribution >= 0.6 is 0 Å². The van der Waals surface area contributed by atoms with Crippen LogP contribution in [0.1, 0.15) is 51.5 Å². The lowest BCUT2D eigenvalue weighted by molar-refractivity contribution is 0.594. The molecule has 3 nitrogen and oxygen atoms in total. The van der Waals surface area contributed by atoms with E-state index in [2.05, 4.69) is 25.2 Å². The van der Waals surface area contributed by atoms with Gasteiger partial charge in [0.2, 0.25) is 0 Å². The number of unbranched alkanes of at least 4 members (excludes halogenated alkanes) is 3. The van der Waals surface area contributed by atoms with Crippen LogP contribution < -0.4 is 11.1 Å². The fourth-order valence-electron chi connectivity index (χ4n) is 2.17. The van der Waals surface area contributed by atoms with Gasteiger partial charge in [-0.15, -0.1) is 0 Å². The highest BCUT2D eigenvalue weighted by molar-refractivity contribution is 5.58. The molecule has 3 heteroatoms. The average molecular weight is 259 g/mol. The molecule has 1 rings (SSSR count). The standard InChI is InChI=1S/C16H25N3/c1-3-4-5-6-7-13(2)19-15-8-9-16(18)14(12-15)10-11-17/h8-9,12-13,19H,3-7,10,18H2,1-2H3. The Labute approximate surface area is 116 Å². The van der Waals surface area contributed by atoms with Crippen molar-refractivity contribution >= 4 is 11.4 Å². The molecule has 0 amide bonds. The van der Waals surface area contributed by atoms with Crippen LogP contribution in [0.15, 0.2) is 18.2 Å². The Kier molecular flexibility index (Phi) is 6.81. The normalized spacial score (nSPS) is 11.8. The van der Waals surface area contributed by atoms with Gasteiger partial charge in [-0.05, 0) is 37.1 Å². The van der Waals surface area contributed by atoms with Crippen LogP contribution in [0.2, 0.25) is 0 Å². The minimum Gasteiger partial charge on any atom is -0.398 e.